The molecule has 0 aliphatic heterocycles. The zero-order chi connectivity index (χ0) is 12.0. The first-order valence-electron chi connectivity index (χ1n) is 5.74. The summed E-state index contributed by atoms with van der Waals surface area (Å²) in [4.78, 5) is 0. The van der Waals surface area contributed by atoms with Gasteiger partial charge < -0.3 is 10.5 Å². The van der Waals surface area contributed by atoms with Gasteiger partial charge in [0.1, 0.15) is 11.6 Å². The second-order valence-electron chi connectivity index (χ2n) is 4.23. The normalized spacial score (nSPS) is 12.5. The molecule has 0 fully saturated rings. The van der Waals surface area contributed by atoms with E-state index < -0.39 is 0 Å². The number of nitrogens with two attached hydrogens (primary N) is 1. The number of hydrogen-bond acceptors (Lipinski definition) is 2. The summed E-state index contributed by atoms with van der Waals surface area (Å²) in [5.74, 6) is 0.386. The van der Waals surface area contributed by atoms with E-state index in [1.54, 1.807) is 6.07 Å². The van der Waals surface area contributed by atoms with Crippen LogP contribution < -0.4 is 10.5 Å². The second-order valence-corrected chi connectivity index (χ2v) is 4.23. The molecule has 90 valence electrons. The summed E-state index contributed by atoms with van der Waals surface area (Å²) in [5.41, 5.74) is 6.61. The van der Waals surface area contributed by atoms with Gasteiger partial charge in [0.25, 0.3) is 0 Å². The lowest BCUT2D eigenvalue weighted by molar-refractivity contribution is 0.300. The second kappa shape index (κ2) is 6.48. The minimum atomic E-state index is -0.254. The fourth-order valence-electron chi connectivity index (χ4n) is 1.48. The monoisotopic (exact) mass is 225 g/mol. The van der Waals surface area contributed by atoms with Crippen molar-refractivity contribution in [1.29, 1.82) is 0 Å². The van der Waals surface area contributed by atoms with Gasteiger partial charge in [0.2, 0.25) is 0 Å². The Balaban J connectivity index is 2.29. The van der Waals surface area contributed by atoms with E-state index in [4.69, 9.17) is 10.5 Å². The number of rotatable bonds is 6. The Kier molecular flexibility index (Phi) is 5.26. The predicted molar refractivity (Wildman–Crippen MR) is 64.1 cm³/mol. The van der Waals surface area contributed by atoms with Crippen molar-refractivity contribution in [3.05, 3.63) is 29.6 Å². The summed E-state index contributed by atoms with van der Waals surface area (Å²) in [6.07, 6.45) is 3.01. The number of ether oxygens (including phenoxy) is 1. The molecule has 1 aromatic rings. The molecule has 0 saturated heterocycles. The maximum atomic E-state index is 12.9. The minimum absolute atomic E-state index is 0.246. The smallest absolute Gasteiger partial charge is 0.126 e. The highest BCUT2D eigenvalue weighted by molar-refractivity contribution is 5.32. The fourth-order valence-corrected chi connectivity index (χ4v) is 1.48. The molecule has 0 aliphatic carbocycles. The molecule has 1 atom stereocenters. The maximum Gasteiger partial charge on any atom is 0.126 e. The first-order chi connectivity index (χ1) is 7.59. The molecule has 0 heterocycles. The van der Waals surface area contributed by atoms with Crippen LogP contribution in [0.25, 0.3) is 0 Å². The highest BCUT2D eigenvalue weighted by Gasteiger charge is 2.01. The van der Waals surface area contributed by atoms with E-state index in [2.05, 4.69) is 0 Å². The van der Waals surface area contributed by atoms with Gasteiger partial charge in [-0.05, 0) is 44.7 Å². The summed E-state index contributed by atoms with van der Waals surface area (Å²) in [6.45, 7) is 4.53. The summed E-state index contributed by atoms with van der Waals surface area (Å²) in [6, 6.07) is 4.85. The molecule has 3 heteroatoms. The highest BCUT2D eigenvalue weighted by atomic mass is 19.1. The van der Waals surface area contributed by atoms with Gasteiger partial charge in [0, 0.05) is 12.1 Å². The van der Waals surface area contributed by atoms with Crippen molar-refractivity contribution in [3.63, 3.8) is 0 Å². The Morgan fingerprint density at radius 2 is 2.12 bits per heavy atom. The molecule has 16 heavy (non-hydrogen) atoms. The van der Waals surface area contributed by atoms with Crippen LogP contribution in [-0.4, -0.2) is 12.6 Å². The van der Waals surface area contributed by atoms with Gasteiger partial charge in [0.15, 0.2) is 0 Å². The largest absolute Gasteiger partial charge is 0.493 e. The predicted octanol–water partition coefficient (Wildman–Crippen LogP) is 3.03. The van der Waals surface area contributed by atoms with Crippen LogP contribution in [0.2, 0.25) is 0 Å². The van der Waals surface area contributed by atoms with Gasteiger partial charge in [-0.25, -0.2) is 4.39 Å². The number of halogens is 1. The standard InChI is InChI=1S/C13H20FNO/c1-10-6-7-12(14)9-13(10)16-8-4-3-5-11(2)15/h6-7,9,11H,3-5,8,15H2,1-2H3. The summed E-state index contributed by atoms with van der Waals surface area (Å²) < 4.78 is 18.5. The molecule has 0 spiro atoms. The Hall–Kier alpha value is -1.09. The highest BCUT2D eigenvalue weighted by Crippen LogP contribution is 2.19. The summed E-state index contributed by atoms with van der Waals surface area (Å²) in [7, 11) is 0. The first-order valence-corrected chi connectivity index (χ1v) is 5.74. The van der Waals surface area contributed by atoms with Gasteiger partial charge in [-0.15, -0.1) is 0 Å². The van der Waals surface area contributed by atoms with E-state index in [1.807, 2.05) is 13.8 Å². The third-order valence-corrected chi connectivity index (χ3v) is 2.46. The number of aryl methyl sites for hydroxylation is 1. The molecular formula is C13H20FNO. The Morgan fingerprint density at radius 3 is 2.81 bits per heavy atom. The third kappa shape index (κ3) is 4.62. The quantitative estimate of drug-likeness (QED) is 0.755. The minimum Gasteiger partial charge on any atom is -0.493 e. The molecule has 0 saturated carbocycles. The van der Waals surface area contributed by atoms with Gasteiger partial charge >= 0.3 is 0 Å². The van der Waals surface area contributed by atoms with E-state index in [-0.39, 0.29) is 11.9 Å². The fraction of sp³-hybridized carbons (Fsp3) is 0.538. The van der Waals surface area contributed by atoms with Crippen LogP contribution in [0.4, 0.5) is 4.39 Å². The maximum absolute atomic E-state index is 12.9. The molecule has 0 amide bonds. The van der Waals surface area contributed by atoms with E-state index in [1.165, 1.54) is 12.1 Å². The van der Waals surface area contributed by atoms with Crippen molar-refractivity contribution in [1.82, 2.24) is 0 Å². The van der Waals surface area contributed by atoms with Crippen LogP contribution >= 0.6 is 0 Å². The van der Waals surface area contributed by atoms with E-state index in [0.717, 1.165) is 24.8 Å². The van der Waals surface area contributed by atoms with Crippen molar-refractivity contribution < 1.29 is 9.13 Å². The van der Waals surface area contributed by atoms with Crippen LogP contribution in [0.1, 0.15) is 31.7 Å². The number of unbranched alkanes of at least 4 members (excludes halogenated alkanes) is 1. The first kappa shape index (κ1) is 13.0. The molecule has 0 aliphatic rings. The van der Waals surface area contributed by atoms with Gasteiger partial charge in [0.05, 0.1) is 6.61 Å². The van der Waals surface area contributed by atoms with Gasteiger partial charge in [-0.2, -0.15) is 0 Å². The summed E-state index contributed by atoms with van der Waals surface area (Å²) in [5, 5.41) is 0. The Labute approximate surface area is 96.6 Å². The van der Waals surface area contributed by atoms with Crippen LogP contribution in [0.3, 0.4) is 0 Å². The van der Waals surface area contributed by atoms with Crippen molar-refractivity contribution in [3.8, 4) is 5.75 Å². The third-order valence-electron chi connectivity index (χ3n) is 2.46. The van der Waals surface area contributed by atoms with Crippen molar-refractivity contribution in [2.75, 3.05) is 6.61 Å². The van der Waals surface area contributed by atoms with E-state index in [9.17, 15) is 4.39 Å². The van der Waals surface area contributed by atoms with Crippen molar-refractivity contribution in [2.24, 2.45) is 5.73 Å². The molecule has 1 aromatic carbocycles. The lowest BCUT2D eigenvalue weighted by atomic mass is 10.1. The number of hydrogen-bond donors (Lipinski definition) is 1. The molecule has 2 nitrogen and oxygen atoms in total. The van der Waals surface area contributed by atoms with Gasteiger partial charge in [-0.1, -0.05) is 6.07 Å². The van der Waals surface area contributed by atoms with Crippen LogP contribution in [0.5, 0.6) is 5.75 Å². The number of benzene rings is 1. The molecular weight excluding hydrogens is 205 g/mol. The SMILES string of the molecule is Cc1ccc(F)cc1OCCCCC(C)N. The van der Waals surface area contributed by atoms with E-state index in [0.29, 0.717) is 12.4 Å². The van der Waals surface area contributed by atoms with Crippen molar-refractivity contribution in [2.45, 2.75) is 39.2 Å². The molecule has 0 bridgehead atoms. The van der Waals surface area contributed by atoms with Crippen molar-refractivity contribution >= 4 is 0 Å². The molecule has 0 aromatic heterocycles. The van der Waals surface area contributed by atoms with Gasteiger partial charge in [-0.3, -0.25) is 0 Å². The molecule has 1 unspecified atom stereocenters. The zero-order valence-electron chi connectivity index (χ0n) is 10.0. The van der Waals surface area contributed by atoms with Crippen LogP contribution in [-0.2, 0) is 0 Å². The zero-order valence-corrected chi connectivity index (χ0v) is 10.0. The Bertz CT molecular complexity index is 326. The Morgan fingerprint density at radius 1 is 1.38 bits per heavy atom. The molecule has 2 N–H and O–H groups in total. The summed E-state index contributed by atoms with van der Waals surface area (Å²) >= 11 is 0. The van der Waals surface area contributed by atoms with Crippen LogP contribution in [0, 0.1) is 12.7 Å². The molecule has 0 radical (unpaired) electrons. The van der Waals surface area contributed by atoms with Crippen LogP contribution in [0.15, 0.2) is 18.2 Å². The average Bonchev–Trinajstić information content (AvgIpc) is 2.22. The lowest BCUT2D eigenvalue weighted by Gasteiger charge is -2.09. The molecule has 1 rings (SSSR count). The lowest BCUT2D eigenvalue weighted by Crippen LogP contribution is -2.14. The topological polar surface area (TPSA) is 35.2 Å². The average molecular weight is 225 g/mol. The van der Waals surface area contributed by atoms with E-state index >= 15 is 0 Å².